The second-order valence-corrected chi connectivity index (χ2v) is 6.30. The van der Waals surface area contributed by atoms with Crippen LogP contribution in [-0.4, -0.2) is 62.8 Å². The molecule has 1 rings (SSSR count). The zero-order valence-electron chi connectivity index (χ0n) is 12.8. The van der Waals surface area contributed by atoms with Crippen LogP contribution in [0.1, 0.15) is 47.0 Å². The molecule has 0 saturated carbocycles. The number of likely N-dealkylation sites (N-methyl/N-ethyl adjacent to an activating group) is 1. The van der Waals surface area contributed by atoms with E-state index in [0.29, 0.717) is 19.5 Å². The topological polar surface area (TPSA) is 81.1 Å². The van der Waals surface area contributed by atoms with E-state index in [1.54, 1.807) is 20.8 Å². The van der Waals surface area contributed by atoms with E-state index in [4.69, 9.17) is 0 Å². The monoisotopic (exact) mass is 286 g/mol. The van der Waals surface area contributed by atoms with Gasteiger partial charge in [-0.25, -0.2) is 9.59 Å². The lowest BCUT2D eigenvalue weighted by molar-refractivity contribution is -0.150. The van der Waals surface area contributed by atoms with Crippen molar-refractivity contribution in [3.05, 3.63) is 0 Å². The lowest BCUT2D eigenvalue weighted by atomic mass is 9.88. The van der Waals surface area contributed by atoms with Crippen LogP contribution in [0.3, 0.4) is 0 Å². The van der Waals surface area contributed by atoms with Crippen LogP contribution in [0.4, 0.5) is 4.79 Å². The Morgan fingerprint density at radius 1 is 1.35 bits per heavy atom. The van der Waals surface area contributed by atoms with Crippen LogP contribution in [0.5, 0.6) is 0 Å². The maximum absolute atomic E-state index is 12.6. The normalized spacial score (nSPS) is 23.6. The molecule has 0 bridgehead atoms. The maximum atomic E-state index is 12.6. The molecule has 0 aromatic heterocycles. The van der Waals surface area contributed by atoms with Gasteiger partial charge in [0, 0.05) is 13.1 Å². The van der Waals surface area contributed by atoms with Crippen molar-refractivity contribution >= 4 is 12.0 Å². The second-order valence-electron chi connectivity index (χ2n) is 6.30. The predicted molar refractivity (Wildman–Crippen MR) is 75.5 cm³/mol. The van der Waals surface area contributed by atoms with Crippen molar-refractivity contribution in [2.24, 2.45) is 0 Å². The minimum atomic E-state index is -1.15. The van der Waals surface area contributed by atoms with Gasteiger partial charge in [-0.15, -0.1) is 0 Å². The zero-order chi connectivity index (χ0) is 15.6. The van der Waals surface area contributed by atoms with Crippen LogP contribution < -0.4 is 0 Å². The van der Waals surface area contributed by atoms with Crippen LogP contribution in [0.2, 0.25) is 0 Å². The lowest BCUT2D eigenvalue weighted by Crippen LogP contribution is -2.61. The highest BCUT2D eigenvalue weighted by atomic mass is 16.4. The average Bonchev–Trinajstić information content (AvgIpc) is 2.34. The minimum Gasteiger partial charge on any atom is -0.480 e. The molecule has 20 heavy (non-hydrogen) atoms. The largest absolute Gasteiger partial charge is 0.480 e. The van der Waals surface area contributed by atoms with Gasteiger partial charge >= 0.3 is 12.0 Å². The zero-order valence-corrected chi connectivity index (χ0v) is 12.8. The number of carboxylic acid groups (broad SMARTS) is 1. The molecule has 1 fully saturated rings. The number of carbonyl (C=O) groups is 2. The number of likely N-dealkylation sites (tertiary alicyclic amines) is 1. The van der Waals surface area contributed by atoms with Crippen LogP contribution in [0, 0.1) is 0 Å². The van der Waals surface area contributed by atoms with Gasteiger partial charge in [-0.2, -0.15) is 0 Å². The van der Waals surface area contributed by atoms with Gasteiger partial charge in [0.25, 0.3) is 0 Å². The van der Waals surface area contributed by atoms with Gasteiger partial charge in [0.2, 0.25) is 0 Å². The first-order valence-corrected chi connectivity index (χ1v) is 7.14. The van der Waals surface area contributed by atoms with Gasteiger partial charge in [0.15, 0.2) is 0 Å². The Bertz CT molecular complexity index is 378. The number of aliphatic carboxylic acids is 1. The van der Waals surface area contributed by atoms with Crippen LogP contribution in [0.15, 0.2) is 0 Å². The molecular weight excluding hydrogens is 260 g/mol. The first-order valence-electron chi connectivity index (χ1n) is 7.14. The first-order chi connectivity index (χ1) is 9.12. The number of amides is 2. The number of carbonyl (C=O) groups excluding carboxylic acids is 1. The summed E-state index contributed by atoms with van der Waals surface area (Å²) in [5, 5.41) is 19.3. The smallest absolute Gasteiger partial charge is 0.329 e. The van der Waals surface area contributed by atoms with E-state index >= 15 is 0 Å². The Labute approximate surface area is 120 Å². The quantitative estimate of drug-likeness (QED) is 0.821. The van der Waals surface area contributed by atoms with Crippen LogP contribution in [0.25, 0.3) is 0 Å². The van der Waals surface area contributed by atoms with E-state index in [9.17, 15) is 19.8 Å². The first kappa shape index (κ1) is 16.8. The molecule has 0 aromatic carbocycles. The molecule has 1 saturated heterocycles. The molecule has 1 aliphatic heterocycles. The van der Waals surface area contributed by atoms with Crippen molar-refractivity contribution in [3.63, 3.8) is 0 Å². The number of aliphatic hydroxyl groups is 1. The van der Waals surface area contributed by atoms with Gasteiger partial charge in [0.05, 0.1) is 12.1 Å². The number of carboxylic acids is 1. The summed E-state index contributed by atoms with van der Waals surface area (Å²) in [5.74, 6) is -0.968. The summed E-state index contributed by atoms with van der Waals surface area (Å²) < 4.78 is 0. The van der Waals surface area contributed by atoms with Gasteiger partial charge in [-0.05, 0) is 47.0 Å². The van der Waals surface area contributed by atoms with Crippen LogP contribution >= 0.6 is 0 Å². The number of nitrogens with zero attached hydrogens (tertiary/aromatic N) is 2. The van der Waals surface area contributed by atoms with E-state index < -0.39 is 17.1 Å². The Morgan fingerprint density at radius 3 is 2.40 bits per heavy atom. The summed E-state index contributed by atoms with van der Waals surface area (Å²) in [4.78, 5) is 27.1. The molecule has 0 aromatic rings. The molecule has 2 N–H and O–H groups in total. The average molecular weight is 286 g/mol. The highest BCUT2D eigenvalue weighted by molar-refractivity contribution is 5.86. The molecule has 1 unspecified atom stereocenters. The summed E-state index contributed by atoms with van der Waals surface area (Å²) in [6.07, 6.45) is 2.09. The molecule has 1 atom stereocenters. The second kappa shape index (κ2) is 5.99. The van der Waals surface area contributed by atoms with Crippen molar-refractivity contribution in [2.45, 2.75) is 58.1 Å². The van der Waals surface area contributed by atoms with Crippen molar-refractivity contribution in [1.82, 2.24) is 9.80 Å². The van der Waals surface area contributed by atoms with E-state index in [1.165, 1.54) is 9.80 Å². The molecule has 0 radical (unpaired) electrons. The van der Waals surface area contributed by atoms with Crippen molar-refractivity contribution in [3.8, 4) is 0 Å². The molecule has 6 heteroatoms. The molecular formula is C14H26N2O4. The van der Waals surface area contributed by atoms with E-state index in [-0.39, 0.29) is 12.6 Å². The third-order valence-corrected chi connectivity index (χ3v) is 3.81. The fourth-order valence-corrected chi connectivity index (χ4v) is 2.60. The maximum Gasteiger partial charge on any atom is 0.329 e. The SMILES string of the molecule is CCN(CC(C)(C)O)C(=O)N1CCCCC1(C)C(=O)O. The summed E-state index contributed by atoms with van der Waals surface area (Å²) in [5.41, 5.74) is -2.15. The van der Waals surface area contributed by atoms with Crippen LogP contribution in [-0.2, 0) is 4.79 Å². The lowest BCUT2D eigenvalue weighted by Gasteiger charge is -2.44. The number of hydrogen-bond acceptors (Lipinski definition) is 3. The van der Waals surface area contributed by atoms with Crippen molar-refractivity contribution in [1.29, 1.82) is 0 Å². The minimum absolute atomic E-state index is 0.189. The van der Waals surface area contributed by atoms with E-state index in [0.717, 1.165) is 12.8 Å². The molecule has 0 spiro atoms. The van der Waals surface area contributed by atoms with Crippen molar-refractivity contribution in [2.75, 3.05) is 19.6 Å². The molecule has 2 amide bonds. The highest BCUT2D eigenvalue weighted by Crippen LogP contribution is 2.29. The number of piperidine rings is 1. The van der Waals surface area contributed by atoms with Gasteiger partial charge in [-0.3, -0.25) is 0 Å². The van der Waals surface area contributed by atoms with E-state index in [2.05, 4.69) is 0 Å². The number of hydrogen-bond donors (Lipinski definition) is 2. The number of rotatable bonds is 4. The Morgan fingerprint density at radius 2 is 1.95 bits per heavy atom. The highest BCUT2D eigenvalue weighted by Gasteiger charge is 2.45. The molecule has 116 valence electrons. The third kappa shape index (κ3) is 3.62. The molecule has 1 heterocycles. The molecule has 1 aliphatic rings. The predicted octanol–water partition coefficient (Wildman–Crippen LogP) is 1.53. The number of urea groups is 1. The fraction of sp³-hybridized carbons (Fsp3) is 0.857. The van der Waals surface area contributed by atoms with Crippen molar-refractivity contribution < 1.29 is 19.8 Å². The summed E-state index contributed by atoms with van der Waals surface area (Å²) in [6.45, 7) is 7.77. The Kier molecular flexibility index (Phi) is 5.02. The summed E-state index contributed by atoms with van der Waals surface area (Å²) in [6, 6.07) is -0.306. The summed E-state index contributed by atoms with van der Waals surface area (Å²) >= 11 is 0. The molecule has 6 nitrogen and oxygen atoms in total. The van der Waals surface area contributed by atoms with E-state index in [1.807, 2.05) is 6.92 Å². The Balaban J connectivity index is 2.94. The fourth-order valence-electron chi connectivity index (χ4n) is 2.60. The third-order valence-electron chi connectivity index (χ3n) is 3.81. The van der Waals surface area contributed by atoms with Gasteiger partial charge in [0.1, 0.15) is 5.54 Å². The summed E-state index contributed by atoms with van der Waals surface area (Å²) in [7, 11) is 0. The standard InChI is InChI=1S/C14H26N2O4/c1-5-15(10-13(2,3)20)12(19)16-9-7-6-8-14(16,4)11(17)18/h20H,5-10H2,1-4H3,(H,17,18). The van der Waals surface area contributed by atoms with Gasteiger partial charge in [-0.1, -0.05) is 0 Å². The molecule has 0 aliphatic carbocycles. The Hall–Kier alpha value is -1.30. The van der Waals surface area contributed by atoms with Gasteiger partial charge < -0.3 is 20.0 Å².